The van der Waals surface area contributed by atoms with E-state index in [0.717, 1.165) is 29.3 Å². The molecule has 0 radical (unpaired) electrons. The molecule has 2 rings (SSSR count). The summed E-state index contributed by atoms with van der Waals surface area (Å²) >= 11 is 3.37. The van der Waals surface area contributed by atoms with Crippen LogP contribution in [0.25, 0.3) is 0 Å². The van der Waals surface area contributed by atoms with Gasteiger partial charge in [0.05, 0.1) is 6.10 Å². The Kier molecular flexibility index (Phi) is 4.18. The first kappa shape index (κ1) is 12.6. The predicted molar refractivity (Wildman–Crippen MR) is 68.1 cm³/mol. The van der Waals surface area contributed by atoms with E-state index < -0.39 is 11.9 Å². The highest BCUT2D eigenvalue weighted by atomic mass is 79.9. The van der Waals surface area contributed by atoms with Gasteiger partial charge in [-0.1, -0.05) is 28.1 Å². The third-order valence-electron chi connectivity index (χ3n) is 3.06. The molecule has 1 N–H and O–H groups in total. The van der Waals surface area contributed by atoms with Gasteiger partial charge in [-0.05, 0) is 37.0 Å². The first-order valence-electron chi connectivity index (χ1n) is 5.78. The van der Waals surface area contributed by atoms with Crippen molar-refractivity contribution in [3.8, 4) is 0 Å². The predicted octanol–water partition coefficient (Wildman–Crippen LogP) is 3.19. The van der Waals surface area contributed by atoms with Crippen LogP contribution in [0.5, 0.6) is 0 Å². The van der Waals surface area contributed by atoms with Gasteiger partial charge in [-0.15, -0.1) is 0 Å². The minimum Gasteiger partial charge on any atom is -0.481 e. The van der Waals surface area contributed by atoms with Gasteiger partial charge in [-0.2, -0.15) is 0 Å². The van der Waals surface area contributed by atoms with E-state index in [1.165, 1.54) is 0 Å². The van der Waals surface area contributed by atoms with Gasteiger partial charge in [0.1, 0.15) is 5.92 Å². The van der Waals surface area contributed by atoms with Gasteiger partial charge >= 0.3 is 5.97 Å². The summed E-state index contributed by atoms with van der Waals surface area (Å²) in [5.41, 5.74) is 0.804. The lowest BCUT2D eigenvalue weighted by Gasteiger charge is -2.28. The smallest absolute Gasteiger partial charge is 0.313 e. The van der Waals surface area contributed by atoms with Gasteiger partial charge in [-0.3, -0.25) is 4.79 Å². The molecular weight excluding hydrogens is 284 g/mol. The molecule has 1 fully saturated rings. The van der Waals surface area contributed by atoms with Crippen molar-refractivity contribution in [1.82, 2.24) is 0 Å². The van der Waals surface area contributed by atoms with Crippen molar-refractivity contribution >= 4 is 21.9 Å². The second-order valence-electron chi connectivity index (χ2n) is 4.28. The van der Waals surface area contributed by atoms with E-state index >= 15 is 0 Å². The highest BCUT2D eigenvalue weighted by molar-refractivity contribution is 9.10. The third-order valence-corrected chi connectivity index (χ3v) is 3.55. The Balaban J connectivity index is 2.25. The van der Waals surface area contributed by atoms with Crippen LogP contribution in [0.1, 0.15) is 30.7 Å². The Morgan fingerprint density at radius 2 is 2.29 bits per heavy atom. The van der Waals surface area contributed by atoms with Crippen molar-refractivity contribution in [2.45, 2.75) is 31.3 Å². The number of carbonyl (C=O) groups is 1. The normalized spacial score (nSPS) is 22.1. The average Bonchev–Trinajstić information content (AvgIpc) is 2.30. The Morgan fingerprint density at radius 3 is 2.88 bits per heavy atom. The van der Waals surface area contributed by atoms with Gasteiger partial charge in [0.15, 0.2) is 0 Å². The van der Waals surface area contributed by atoms with Crippen LogP contribution in [-0.2, 0) is 9.53 Å². The molecule has 1 aliphatic rings. The van der Waals surface area contributed by atoms with Crippen LogP contribution >= 0.6 is 15.9 Å². The van der Waals surface area contributed by atoms with E-state index in [1.807, 2.05) is 24.3 Å². The van der Waals surface area contributed by atoms with Gasteiger partial charge in [0, 0.05) is 11.1 Å². The molecule has 1 aromatic carbocycles. The zero-order valence-corrected chi connectivity index (χ0v) is 11.0. The molecule has 1 aromatic rings. The summed E-state index contributed by atoms with van der Waals surface area (Å²) in [6, 6.07) is 7.46. The molecule has 1 aliphatic heterocycles. The molecule has 3 nitrogen and oxygen atoms in total. The number of hydrogen-bond donors (Lipinski definition) is 1. The molecule has 0 amide bonds. The molecular formula is C13H15BrO3. The number of carboxylic acid groups (broad SMARTS) is 1. The van der Waals surface area contributed by atoms with Crippen molar-refractivity contribution in [3.63, 3.8) is 0 Å². The van der Waals surface area contributed by atoms with Crippen molar-refractivity contribution in [2.75, 3.05) is 6.61 Å². The molecule has 0 aliphatic carbocycles. The Morgan fingerprint density at radius 1 is 1.47 bits per heavy atom. The maximum absolute atomic E-state index is 11.4. The van der Waals surface area contributed by atoms with Crippen molar-refractivity contribution < 1.29 is 14.6 Å². The monoisotopic (exact) mass is 298 g/mol. The van der Waals surface area contributed by atoms with Crippen LogP contribution in [0.3, 0.4) is 0 Å². The lowest BCUT2D eigenvalue weighted by Crippen LogP contribution is -2.31. The van der Waals surface area contributed by atoms with Crippen LogP contribution in [0.15, 0.2) is 28.7 Å². The quantitative estimate of drug-likeness (QED) is 0.932. The maximum Gasteiger partial charge on any atom is 0.313 e. The molecule has 0 saturated carbocycles. The summed E-state index contributed by atoms with van der Waals surface area (Å²) in [4.78, 5) is 11.4. The molecule has 4 heteroatoms. The van der Waals surface area contributed by atoms with E-state index in [-0.39, 0.29) is 6.10 Å². The fourth-order valence-corrected chi connectivity index (χ4v) is 2.66. The lowest BCUT2D eigenvalue weighted by atomic mass is 9.89. The van der Waals surface area contributed by atoms with E-state index in [0.29, 0.717) is 6.61 Å². The number of rotatable bonds is 3. The van der Waals surface area contributed by atoms with E-state index in [4.69, 9.17) is 4.74 Å². The molecule has 0 spiro atoms. The fourth-order valence-electron chi connectivity index (χ4n) is 2.24. The second-order valence-corrected chi connectivity index (χ2v) is 5.19. The van der Waals surface area contributed by atoms with Gasteiger partial charge < -0.3 is 9.84 Å². The molecule has 17 heavy (non-hydrogen) atoms. The Bertz CT molecular complexity index is 399. The van der Waals surface area contributed by atoms with Crippen LogP contribution in [0.2, 0.25) is 0 Å². The van der Waals surface area contributed by atoms with Gasteiger partial charge in [0.2, 0.25) is 0 Å². The highest BCUT2D eigenvalue weighted by Crippen LogP contribution is 2.30. The fraction of sp³-hybridized carbons (Fsp3) is 0.462. The summed E-state index contributed by atoms with van der Waals surface area (Å²) in [5.74, 6) is -1.37. The minimum atomic E-state index is -0.810. The molecule has 1 saturated heterocycles. The lowest BCUT2D eigenvalue weighted by molar-refractivity contribution is -0.144. The molecule has 2 unspecified atom stereocenters. The van der Waals surface area contributed by atoms with Crippen molar-refractivity contribution in [3.05, 3.63) is 34.3 Å². The molecule has 1 heterocycles. The summed E-state index contributed by atoms with van der Waals surface area (Å²) in [6.45, 7) is 0.669. The SMILES string of the molecule is O=C(O)C(c1cccc(Br)c1)C1CCCCO1. The van der Waals surface area contributed by atoms with Crippen molar-refractivity contribution in [1.29, 1.82) is 0 Å². The zero-order chi connectivity index (χ0) is 12.3. The maximum atomic E-state index is 11.4. The Labute approximate surface area is 109 Å². The van der Waals surface area contributed by atoms with Crippen LogP contribution in [0, 0.1) is 0 Å². The first-order chi connectivity index (χ1) is 8.18. The first-order valence-corrected chi connectivity index (χ1v) is 6.57. The minimum absolute atomic E-state index is 0.199. The summed E-state index contributed by atoms with van der Waals surface area (Å²) in [6.07, 6.45) is 2.70. The van der Waals surface area contributed by atoms with E-state index in [9.17, 15) is 9.90 Å². The number of benzene rings is 1. The average molecular weight is 299 g/mol. The molecule has 92 valence electrons. The van der Waals surface area contributed by atoms with Crippen molar-refractivity contribution in [2.24, 2.45) is 0 Å². The van der Waals surface area contributed by atoms with Crippen LogP contribution < -0.4 is 0 Å². The molecule has 0 bridgehead atoms. The zero-order valence-electron chi connectivity index (χ0n) is 9.43. The highest BCUT2D eigenvalue weighted by Gasteiger charge is 2.31. The Hall–Kier alpha value is -0.870. The van der Waals surface area contributed by atoms with Gasteiger partial charge in [0.25, 0.3) is 0 Å². The number of carboxylic acids is 1. The third kappa shape index (κ3) is 3.07. The van der Waals surface area contributed by atoms with Crippen LogP contribution in [-0.4, -0.2) is 23.8 Å². The van der Waals surface area contributed by atoms with Crippen LogP contribution in [0.4, 0.5) is 0 Å². The summed E-state index contributed by atoms with van der Waals surface area (Å²) in [5, 5.41) is 9.37. The number of aliphatic carboxylic acids is 1. The number of halogens is 1. The number of ether oxygens (including phenoxy) is 1. The molecule has 0 aromatic heterocycles. The van der Waals surface area contributed by atoms with E-state index in [1.54, 1.807) is 0 Å². The van der Waals surface area contributed by atoms with E-state index in [2.05, 4.69) is 15.9 Å². The molecule has 2 atom stereocenters. The van der Waals surface area contributed by atoms with Gasteiger partial charge in [-0.25, -0.2) is 0 Å². The largest absolute Gasteiger partial charge is 0.481 e. The topological polar surface area (TPSA) is 46.5 Å². The number of hydrogen-bond acceptors (Lipinski definition) is 2. The summed E-state index contributed by atoms with van der Waals surface area (Å²) in [7, 11) is 0. The second kappa shape index (κ2) is 5.65. The standard InChI is InChI=1S/C13H15BrO3/c14-10-5-3-4-9(8-10)12(13(15)16)11-6-1-2-7-17-11/h3-5,8,11-12H,1-2,6-7H2,(H,15,16). The summed E-state index contributed by atoms with van der Waals surface area (Å²) < 4.78 is 6.50.